The van der Waals surface area contributed by atoms with E-state index in [1.165, 1.54) is 0 Å². The fraction of sp³-hybridized carbons (Fsp3) is 0.417. The zero-order chi connectivity index (χ0) is 11.1. The highest BCUT2D eigenvalue weighted by Gasteiger charge is 2.05. The van der Waals surface area contributed by atoms with Crippen LogP contribution in [0.15, 0.2) is 35.2 Å². The second-order valence-corrected chi connectivity index (χ2v) is 4.53. The van der Waals surface area contributed by atoms with Gasteiger partial charge in [0.15, 0.2) is 0 Å². The van der Waals surface area contributed by atoms with Gasteiger partial charge in [0.2, 0.25) is 5.91 Å². The van der Waals surface area contributed by atoms with Gasteiger partial charge in [0, 0.05) is 10.9 Å². The standard InChI is InChI=1S/C12H17NOS/c1-3-10(2)13-12(14)9-15-11-7-5-4-6-8-11/h4-8,10H,3,9H2,1-2H3,(H,13,14). The van der Waals surface area contributed by atoms with Crippen molar-refractivity contribution in [1.82, 2.24) is 5.32 Å². The van der Waals surface area contributed by atoms with Crippen molar-refractivity contribution in [2.75, 3.05) is 5.75 Å². The molecule has 1 atom stereocenters. The Morgan fingerprint density at radius 1 is 1.40 bits per heavy atom. The molecule has 0 bridgehead atoms. The number of thioether (sulfide) groups is 1. The second-order valence-electron chi connectivity index (χ2n) is 3.48. The highest BCUT2D eigenvalue weighted by atomic mass is 32.2. The summed E-state index contributed by atoms with van der Waals surface area (Å²) < 4.78 is 0. The normalized spacial score (nSPS) is 12.1. The molecule has 1 aromatic carbocycles. The van der Waals surface area contributed by atoms with Crippen LogP contribution >= 0.6 is 11.8 Å². The Hall–Kier alpha value is -0.960. The predicted molar refractivity (Wildman–Crippen MR) is 65.1 cm³/mol. The molecule has 15 heavy (non-hydrogen) atoms. The number of hydrogen-bond acceptors (Lipinski definition) is 2. The number of benzene rings is 1. The van der Waals surface area contributed by atoms with Crippen LogP contribution in [0.4, 0.5) is 0 Å². The molecule has 1 rings (SSSR count). The number of carbonyl (C=O) groups is 1. The van der Waals surface area contributed by atoms with E-state index in [1.807, 2.05) is 37.3 Å². The molecule has 1 amide bonds. The Kier molecular flexibility index (Phi) is 5.26. The molecule has 1 aromatic rings. The minimum atomic E-state index is 0.109. The van der Waals surface area contributed by atoms with Gasteiger partial charge in [0.1, 0.15) is 0 Å². The number of hydrogen-bond donors (Lipinski definition) is 1. The van der Waals surface area contributed by atoms with Crippen LogP contribution in [0.25, 0.3) is 0 Å². The van der Waals surface area contributed by atoms with E-state index in [4.69, 9.17) is 0 Å². The lowest BCUT2D eigenvalue weighted by atomic mass is 10.3. The van der Waals surface area contributed by atoms with Crippen LogP contribution in [-0.4, -0.2) is 17.7 Å². The molecule has 3 heteroatoms. The molecule has 0 saturated carbocycles. The fourth-order valence-electron chi connectivity index (χ4n) is 1.08. The highest BCUT2D eigenvalue weighted by Crippen LogP contribution is 2.16. The average molecular weight is 223 g/mol. The molecule has 1 unspecified atom stereocenters. The summed E-state index contributed by atoms with van der Waals surface area (Å²) in [6, 6.07) is 10.2. The van der Waals surface area contributed by atoms with Gasteiger partial charge in [0.25, 0.3) is 0 Å². The number of rotatable bonds is 5. The lowest BCUT2D eigenvalue weighted by Crippen LogP contribution is -2.33. The SMILES string of the molecule is CCC(C)NC(=O)CSc1ccccc1. The molecule has 0 aliphatic rings. The maximum absolute atomic E-state index is 11.5. The molecule has 2 nitrogen and oxygen atoms in total. The van der Waals surface area contributed by atoms with Gasteiger partial charge in [-0.25, -0.2) is 0 Å². The Bertz CT molecular complexity index is 300. The van der Waals surface area contributed by atoms with Gasteiger partial charge in [-0.15, -0.1) is 11.8 Å². The molecule has 0 aliphatic heterocycles. The van der Waals surface area contributed by atoms with E-state index in [2.05, 4.69) is 12.2 Å². The first-order chi connectivity index (χ1) is 7.22. The van der Waals surface area contributed by atoms with Crippen LogP contribution in [0.3, 0.4) is 0 Å². The summed E-state index contributed by atoms with van der Waals surface area (Å²) in [6.45, 7) is 4.08. The molecule has 0 heterocycles. The van der Waals surface area contributed by atoms with E-state index in [9.17, 15) is 4.79 Å². The van der Waals surface area contributed by atoms with Crippen LogP contribution in [0, 0.1) is 0 Å². The first kappa shape index (κ1) is 12.1. The smallest absolute Gasteiger partial charge is 0.230 e. The number of amides is 1. The molecule has 0 fully saturated rings. The van der Waals surface area contributed by atoms with Crippen molar-refractivity contribution < 1.29 is 4.79 Å². The van der Waals surface area contributed by atoms with Gasteiger partial charge in [0.05, 0.1) is 5.75 Å². The van der Waals surface area contributed by atoms with Crippen molar-refractivity contribution in [1.29, 1.82) is 0 Å². The van der Waals surface area contributed by atoms with E-state index >= 15 is 0 Å². The molecule has 0 aliphatic carbocycles. The summed E-state index contributed by atoms with van der Waals surface area (Å²) in [6.07, 6.45) is 0.974. The third kappa shape index (κ3) is 4.88. The van der Waals surface area contributed by atoms with E-state index in [1.54, 1.807) is 11.8 Å². The van der Waals surface area contributed by atoms with E-state index in [0.717, 1.165) is 11.3 Å². The molecular formula is C12H17NOS. The minimum absolute atomic E-state index is 0.109. The summed E-state index contributed by atoms with van der Waals surface area (Å²) in [5, 5.41) is 2.94. The number of nitrogens with one attached hydrogen (secondary N) is 1. The summed E-state index contributed by atoms with van der Waals surface area (Å²) in [5.74, 6) is 0.604. The quantitative estimate of drug-likeness (QED) is 0.778. The van der Waals surface area contributed by atoms with Crippen molar-refractivity contribution in [2.24, 2.45) is 0 Å². The van der Waals surface area contributed by atoms with Crippen molar-refractivity contribution >= 4 is 17.7 Å². The lowest BCUT2D eigenvalue weighted by Gasteiger charge is -2.10. The van der Waals surface area contributed by atoms with E-state index in [0.29, 0.717) is 5.75 Å². The summed E-state index contributed by atoms with van der Waals surface area (Å²) in [5.41, 5.74) is 0. The molecular weight excluding hydrogens is 206 g/mol. The third-order valence-electron chi connectivity index (χ3n) is 2.13. The van der Waals surface area contributed by atoms with Gasteiger partial charge in [-0.3, -0.25) is 4.79 Å². The monoisotopic (exact) mass is 223 g/mol. The van der Waals surface area contributed by atoms with Crippen LogP contribution in [0.1, 0.15) is 20.3 Å². The fourth-order valence-corrected chi connectivity index (χ4v) is 1.81. The maximum Gasteiger partial charge on any atom is 0.230 e. The van der Waals surface area contributed by atoms with Crippen molar-refractivity contribution in [3.05, 3.63) is 30.3 Å². The van der Waals surface area contributed by atoms with Crippen molar-refractivity contribution in [3.8, 4) is 0 Å². The number of carbonyl (C=O) groups excluding carboxylic acids is 1. The molecule has 0 saturated heterocycles. The first-order valence-corrected chi connectivity index (χ1v) is 6.18. The lowest BCUT2D eigenvalue weighted by molar-refractivity contribution is -0.119. The van der Waals surface area contributed by atoms with Gasteiger partial charge in [-0.1, -0.05) is 25.1 Å². The molecule has 0 spiro atoms. The molecule has 0 radical (unpaired) electrons. The predicted octanol–water partition coefficient (Wildman–Crippen LogP) is 2.69. The third-order valence-corrected chi connectivity index (χ3v) is 3.14. The van der Waals surface area contributed by atoms with Gasteiger partial charge in [-0.2, -0.15) is 0 Å². The second kappa shape index (κ2) is 6.51. The largest absolute Gasteiger partial charge is 0.353 e. The van der Waals surface area contributed by atoms with Gasteiger partial charge >= 0.3 is 0 Å². The Morgan fingerprint density at radius 2 is 2.07 bits per heavy atom. The Labute approximate surface area is 95.5 Å². The van der Waals surface area contributed by atoms with E-state index in [-0.39, 0.29) is 11.9 Å². The topological polar surface area (TPSA) is 29.1 Å². The van der Waals surface area contributed by atoms with Crippen LogP contribution in [-0.2, 0) is 4.79 Å². The Balaban J connectivity index is 2.29. The first-order valence-electron chi connectivity index (χ1n) is 5.19. The zero-order valence-corrected chi connectivity index (χ0v) is 10.0. The molecule has 1 N–H and O–H groups in total. The summed E-state index contributed by atoms with van der Waals surface area (Å²) in [7, 11) is 0. The van der Waals surface area contributed by atoms with Crippen LogP contribution in [0.2, 0.25) is 0 Å². The van der Waals surface area contributed by atoms with Gasteiger partial charge in [-0.05, 0) is 25.5 Å². The Morgan fingerprint density at radius 3 is 2.67 bits per heavy atom. The summed E-state index contributed by atoms with van der Waals surface area (Å²) in [4.78, 5) is 12.6. The minimum Gasteiger partial charge on any atom is -0.353 e. The molecule has 0 aromatic heterocycles. The summed E-state index contributed by atoms with van der Waals surface area (Å²) >= 11 is 1.57. The van der Waals surface area contributed by atoms with Crippen LogP contribution < -0.4 is 5.32 Å². The van der Waals surface area contributed by atoms with E-state index < -0.39 is 0 Å². The van der Waals surface area contributed by atoms with Crippen molar-refractivity contribution in [2.45, 2.75) is 31.2 Å². The zero-order valence-electron chi connectivity index (χ0n) is 9.19. The average Bonchev–Trinajstić information content (AvgIpc) is 2.27. The van der Waals surface area contributed by atoms with Gasteiger partial charge < -0.3 is 5.32 Å². The highest BCUT2D eigenvalue weighted by molar-refractivity contribution is 8.00. The molecule has 82 valence electrons. The maximum atomic E-state index is 11.5. The van der Waals surface area contributed by atoms with Crippen LogP contribution in [0.5, 0.6) is 0 Å². The van der Waals surface area contributed by atoms with Crippen molar-refractivity contribution in [3.63, 3.8) is 0 Å².